The molecule has 114 valence electrons. The molecular weight excluding hydrogens is 279 g/mol. The summed E-state index contributed by atoms with van der Waals surface area (Å²) in [7, 11) is -1.44. The molecule has 2 N–H and O–H groups in total. The topological polar surface area (TPSA) is 66.8 Å². The van der Waals surface area contributed by atoms with Gasteiger partial charge < -0.3 is 14.8 Å². The second-order valence-electron chi connectivity index (χ2n) is 5.12. The predicted molar refractivity (Wildman–Crippen MR) is 85.4 cm³/mol. The minimum absolute atomic E-state index is 0.203. The molecular formula is C17H19BO4. The van der Waals surface area contributed by atoms with Gasteiger partial charge in [0.2, 0.25) is 0 Å². The first-order valence-corrected chi connectivity index (χ1v) is 7.29. The van der Waals surface area contributed by atoms with Crippen LogP contribution in [0.4, 0.5) is 0 Å². The lowest BCUT2D eigenvalue weighted by Gasteiger charge is -2.06. The molecule has 2 aromatic rings. The van der Waals surface area contributed by atoms with Gasteiger partial charge in [-0.05, 0) is 29.4 Å². The van der Waals surface area contributed by atoms with Gasteiger partial charge in [-0.25, -0.2) is 0 Å². The van der Waals surface area contributed by atoms with Gasteiger partial charge in [-0.15, -0.1) is 0 Å². The maximum absolute atomic E-state index is 11.7. The molecule has 0 fully saturated rings. The third kappa shape index (κ3) is 5.35. The zero-order valence-corrected chi connectivity index (χ0v) is 12.3. The molecule has 2 rings (SSSR count). The Labute approximate surface area is 130 Å². The van der Waals surface area contributed by atoms with Crippen molar-refractivity contribution in [3.63, 3.8) is 0 Å². The molecule has 0 unspecified atom stereocenters. The van der Waals surface area contributed by atoms with Crippen molar-refractivity contribution in [3.8, 4) is 0 Å². The van der Waals surface area contributed by atoms with Crippen LogP contribution >= 0.6 is 0 Å². The second kappa shape index (κ2) is 8.36. The number of ether oxygens (including phenoxy) is 1. The van der Waals surface area contributed by atoms with Gasteiger partial charge in [0.15, 0.2) is 0 Å². The van der Waals surface area contributed by atoms with Crippen molar-refractivity contribution in [2.45, 2.75) is 25.9 Å². The second-order valence-corrected chi connectivity index (χ2v) is 5.12. The summed E-state index contributed by atoms with van der Waals surface area (Å²) in [4.78, 5) is 11.7. The molecule has 5 heteroatoms. The molecule has 0 aromatic heterocycles. The van der Waals surface area contributed by atoms with E-state index in [1.54, 1.807) is 12.1 Å². The standard InChI is InChI=1S/C17H19BO4/c19-17(22-13-15-5-2-1-3-6-15)8-4-7-14-9-11-16(12-10-14)18(20)21/h1-3,5-6,9-12,20-21H,4,7-8,13H2. The monoisotopic (exact) mass is 298 g/mol. The molecule has 0 aliphatic rings. The Morgan fingerprint density at radius 3 is 2.27 bits per heavy atom. The van der Waals surface area contributed by atoms with Crippen molar-refractivity contribution in [2.24, 2.45) is 0 Å². The van der Waals surface area contributed by atoms with Crippen LogP contribution in [0, 0.1) is 0 Å². The Hall–Kier alpha value is -2.11. The number of hydrogen-bond donors (Lipinski definition) is 2. The third-order valence-electron chi connectivity index (χ3n) is 3.37. The van der Waals surface area contributed by atoms with Gasteiger partial charge in [-0.3, -0.25) is 4.79 Å². The molecule has 2 aromatic carbocycles. The van der Waals surface area contributed by atoms with Crippen LogP contribution in [0.15, 0.2) is 54.6 Å². The fourth-order valence-corrected chi connectivity index (χ4v) is 2.10. The summed E-state index contributed by atoms with van der Waals surface area (Å²) in [5.41, 5.74) is 2.50. The van der Waals surface area contributed by atoms with Gasteiger partial charge in [0.1, 0.15) is 6.61 Å². The minimum Gasteiger partial charge on any atom is -0.461 e. The number of benzene rings is 2. The van der Waals surface area contributed by atoms with Crippen molar-refractivity contribution in [2.75, 3.05) is 0 Å². The average molecular weight is 298 g/mol. The fraction of sp³-hybridized carbons (Fsp3) is 0.235. The highest BCUT2D eigenvalue weighted by molar-refractivity contribution is 6.58. The summed E-state index contributed by atoms with van der Waals surface area (Å²) < 4.78 is 5.21. The molecule has 0 radical (unpaired) electrons. The summed E-state index contributed by atoms with van der Waals surface area (Å²) in [6.07, 6.45) is 1.83. The van der Waals surface area contributed by atoms with E-state index >= 15 is 0 Å². The smallest absolute Gasteiger partial charge is 0.461 e. The first kappa shape index (κ1) is 16.3. The highest BCUT2D eigenvalue weighted by Gasteiger charge is 2.10. The zero-order valence-electron chi connectivity index (χ0n) is 12.3. The Morgan fingerprint density at radius 1 is 0.955 bits per heavy atom. The van der Waals surface area contributed by atoms with Gasteiger partial charge in [0, 0.05) is 6.42 Å². The largest absolute Gasteiger partial charge is 0.488 e. The first-order valence-electron chi connectivity index (χ1n) is 7.29. The van der Waals surface area contributed by atoms with Crippen molar-refractivity contribution < 1.29 is 19.6 Å². The minimum atomic E-state index is -1.44. The van der Waals surface area contributed by atoms with Crippen LogP contribution in [-0.2, 0) is 22.6 Å². The van der Waals surface area contributed by atoms with E-state index in [0.717, 1.165) is 17.5 Å². The number of aryl methyl sites for hydroxylation is 1. The molecule has 0 bridgehead atoms. The van der Waals surface area contributed by atoms with Gasteiger partial charge in [-0.1, -0.05) is 54.6 Å². The Bertz CT molecular complexity index is 581. The normalized spacial score (nSPS) is 10.3. The molecule has 4 nitrogen and oxygen atoms in total. The summed E-state index contributed by atoms with van der Waals surface area (Å²) in [6.45, 7) is 0.308. The number of carbonyl (C=O) groups is 1. The van der Waals surface area contributed by atoms with Crippen molar-refractivity contribution in [1.29, 1.82) is 0 Å². The predicted octanol–water partition coefficient (Wildman–Crippen LogP) is 1.43. The summed E-state index contributed by atoms with van der Waals surface area (Å²) in [5, 5.41) is 18.0. The SMILES string of the molecule is O=C(CCCc1ccc(B(O)O)cc1)OCc1ccccc1. The number of esters is 1. The molecule has 0 aliphatic heterocycles. The maximum atomic E-state index is 11.7. The van der Waals surface area contributed by atoms with Crippen LogP contribution in [0.5, 0.6) is 0 Å². The average Bonchev–Trinajstić information content (AvgIpc) is 2.54. The van der Waals surface area contributed by atoms with E-state index in [9.17, 15) is 4.79 Å². The Kier molecular flexibility index (Phi) is 6.19. The van der Waals surface area contributed by atoms with E-state index in [0.29, 0.717) is 24.9 Å². The van der Waals surface area contributed by atoms with Crippen molar-refractivity contribution >= 4 is 18.6 Å². The van der Waals surface area contributed by atoms with E-state index in [2.05, 4.69) is 0 Å². The van der Waals surface area contributed by atoms with Crippen LogP contribution < -0.4 is 5.46 Å². The van der Waals surface area contributed by atoms with E-state index in [4.69, 9.17) is 14.8 Å². The first-order chi connectivity index (χ1) is 10.6. The number of rotatable bonds is 7. The highest BCUT2D eigenvalue weighted by atomic mass is 16.5. The Balaban J connectivity index is 1.68. The summed E-state index contributed by atoms with van der Waals surface area (Å²) >= 11 is 0. The van der Waals surface area contributed by atoms with Crippen LogP contribution in [0.1, 0.15) is 24.0 Å². The molecule has 0 heterocycles. The summed E-state index contributed by atoms with van der Waals surface area (Å²) in [5.74, 6) is -0.203. The molecule has 0 aliphatic carbocycles. The van der Waals surface area contributed by atoms with Crippen LogP contribution in [0.3, 0.4) is 0 Å². The lowest BCUT2D eigenvalue weighted by Crippen LogP contribution is -2.29. The quantitative estimate of drug-likeness (QED) is 0.599. The van der Waals surface area contributed by atoms with Crippen molar-refractivity contribution in [1.82, 2.24) is 0 Å². The van der Waals surface area contributed by atoms with Crippen LogP contribution in [0.2, 0.25) is 0 Å². The highest BCUT2D eigenvalue weighted by Crippen LogP contribution is 2.06. The van der Waals surface area contributed by atoms with E-state index in [1.807, 2.05) is 42.5 Å². The lowest BCUT2D eigenvalue weighted by atomic mass is 9.80. The van der Waals surface area contributed by atoms with Gasteiger partial charge in [0.05, 0.1) is 0 Å². The molecule has 22 heavy (non-hydrogen) atoms. The zero-order chi connectivity index (χ0) is 15.8. The maximum Gasteiger partial charge on any atom is 0.488 e. The summed E-state index contributed by atoms with van der Waals surface area (Å²) in [6, 6.07) is 16.6. The third-order valence-corrected chi connectivity index (χ3v) is 3.37. The van der Waals surface area contributed by atoms with E-state index in [-0.39, 0.29) is 5.97 Å². The van der Waals surface area contributed by atoms with E-state index in [1.165, 1.54) is 0 Å². The Morgan fingerprint density at radius 2 is 1.64 bits per heavy atom. The fourth-order valence-electron chi connectivity index (χ4n) is 2.10. The van der Waals surface area contributed by atoms with Crippen molar-refractivity contribution in [3.05, 3.63) is 65.7 Å². The van der Waals surface area contributed by atoms with Gasteiger partial charge in [0.25, 0.3) is 0 Å². The van der Waals surface area contributed by atoms with Gasteiger partial charge in [-0.2, -0.15) is 0 Å². The molecule has 0 saturated carbocycles. The number of carbonyl (C=O) groups excluding carboxylic acids is 1. The van der Waals surface area contributed by atoms with Crippen LogP contribution in [-0.4, -0.2) is 23.1 Å². The van der Waals surface area contributed by atoms with E-state index < -0.39 is 7.12 Å². The number of hydrogen-bond acceptors (Lipinski definition) is 4. The van der Waals surface area contributed by atoms with Crippen LogP contribution in [0.25, 0.3) is 0 Å². The molecule has 0 amide bonds. The lowest BCUT2D eigenvalue weighted by molar-refractivity contribution is -0.145. The molecule has 0 spiro atoms. The molecule has 0 atom stereocenters. The van der Waals surface area contributed by atoms with Gasteiger partial charge >= 0.3 is 13.1 Å². The molecule has 0 saturated heterocycles.